The third-order valence-electron chi connectivity index (χ3n) is 3.79. The monoisotopic (exact) mass is 372 g/mol. The fourth-order valence-corrected chi connectivity index (χ4v) is 2.25. The zero-order valence-electron chi connectivity index (χ0n) is 14.3. The molecule has 0 aliphatic carbocycles. The van der Waals surface area contributed by atoms with Gasteiger partial charge in [0.2, 0.25) is 5.91 Å². The summed E-state index contributed by atoms with van der Waals surface area (Å²) in [5, 5.41) is 23.0. The minimum absolute atomic E-state index is 0.0310. The maximum absolute atomic E-state index is 13.0. The van der Waals surface area contributed by atoms with Gasteiger partial charge in [0.25, 0.3) is 0 Å². The molecular weight excluding hydrogens is 357 g/mol. The van der Waals surface area contributed by atoms with Gasteiger partial charge in [-0.05, 0) is 42.5 Å². The van der Waals surface area contributed by atoms with Crippen LogP contribution in [-0.2, 0) is 11.0 Å². The number of halogens is 3. The molecule has 1 atom stereocenters. The number of carbonyl (C=O) groups is 1. The molecule has 0 spiro atoms. The van der Waals surface area contributed by atoms with Gasteiger partial charge in [-0.3, -0.25) is 4.79 Å². The van der Waals surface area contributed by atoms with Gasteiger partial charge in [0.05, 0.1) is 34.7 Å². The highest BCUT2D eigenvalue weighted by atomic mass is 19.4. The topological polar surface area (TPSA) is 88.7 Å². The number of nitrogens with zero attached hydrogens (tertiary/aromatic N) is 2. The highest BCUT2D eigenvalue weighted by Crippen LogP contribution is 2.33. The minimum Gasteiger partial charge on any atom is -0.384 e. The molecule has 5 nitrogen and oxygen atoms in total. The third kappa shape index (κ3) is 5.23. The fraction of sp³-hybridized carbons (Fsp3) is 0.211. The van der Waals surface area contributed by atoms with E-state index in [4.69, 9.17) is 10.5 Å². The Morgan fingerprint density at radius 2 is 1.70 bits per heavy atom. The smallest absolute Gasteiger partial charge is 0.384 e. The molecule has 1 amide bonds. The van der Waals surface area contributed by atoms with E-state index < -0.39 is 29.1 Å². The standard InChI is InChI=1S/C19H15F3N4O/c1-12(11-25-15-5-2-13(9-23)3-6-15)18(27)26-16-7-4-14(10-24)17(8-16)19(20,21)22/h2-8,12,25H,11H2,1H3,(H,26,27). The van der Waals surface area contributed by atoms with Gasteiger partial charge in [-0.1, -0.05) is 6.92 Å². The SMILES string of the molecule is CC(CNc1ccc(C#N)cc1)C(=O)Nc1ccc(C#N)c(C(F)(F)F)c1. The Kier molecular flexibility index (Phi) is 6.04. The largest absolute Gasteiger partial charge is 0.417 e. The number of benzene rings is 2. The fourth-order valence-electron chi connectivity index (χ4n) is 2.25. The Morgan fingerprint density at radius 1 is 1.07 bits per heavy atom. The molecule has 8 heteroatoms. The summed E-state index contributed by atoms with van der Waals surface area (Å²) in [5.74, 6) is -1.00. The highest BCUT2D eigenvalue weighted by molar-refractivity contribution is 5.92. The average Bonchev–Trinajstić information content (AvgIpc) is 2.65. The van der Waals surface area contributed by atoms with Gasteiger partial charge in [-0.15, -0.1) is 0 Å². The van der Waals surface area contributed by atoms with Crippen molar-refractivity contribution in [3.8, 4) is 12.1 Å². The summed E-state index contributed by atoms with van der Waals surface area (Å²) in [5.41, 5.74) is -0.405. The van der Waals surface area contributed by atoms with E-state index in [0.29, 0.717) is 11.3 Å². The Bertz CT molecular complexity index is 909. The van der Waals surface area contributed by atoms with Crippen molar-refractivity contribution in [3.63, 3.8) is 0 Å². The molecule has 0 saturated carbocycles. The van der Waals surface area contributed by atoms with Crippen LogP contribution in [0.4, 0.5) is 24.5 Å². The first kappa shape index (κ1) is 19.8. The molecule has 0 radical (unpaired) electrons. The van der Waals surface area contributed by atoms with Gasteiger partial charge in [-0.25, -0.2) is 0 Å². The summed E-state index contributed by atoms with van der Waals surface area (Å²) in [6.45, 7) is 1.88. The van der Waals surface area contributed by atoms with Crippen molar-refractivity contribution in [2.24, 2.45) is 5.92 Å². The minimum atomic E-state index is -4.69. The van der Waals surface area contributed by atoms with Crippen LogP contribution in [0.5, 0.6) is 0 Å². The lowest BCUT2D eigenvalue weighted by Gasteiger charge is -2.15. The quantitative estimate of drug-likeness (QED) is 0.826. The Balaban J connectivity index is 2.01. The molecule has 0 aliphatic rings. The lowest BCUT2D eigenvalue weighted by molar-refractivity contribution is -0.137. The van der Waals surface area contributed by atoms with Gasteiger partial charge in [0.15, 0.2) is 0 Å². The number of nitrogens with one attached hydrogen (secondary N) is 2. The second kappa shape index (κ2) is 8.24. The molecule has 0 aromatic heterocycles. The molecule has 2 N–H and O–H groups in total. The molecule has 0 heterocycles. The molecule has 0 bridgehead atoms. The molecule has 2 rings (SSSR count). The van der Waals surface area contributed by atoms with Gasteiger partial charge in [0, 0.05) is 17.9 Å². The molecule has 0 saturated heterocycles. The zero-order valence-corrected chi connectivity index (χ0v) is 14.3. The van der Waals surface area contributed by atoms with Crippen LogP contribution in [0.3, 0.4) is 0 Å². The summed E-state index contributed by atoms with van der Waals surface area (Å²) in [6, 6.07) is 13.2. The van der Waals surface area contributed by atoms with Crippen LogP contribution in [0.25, 0.3) is 0 Å². The van der Waals surface area contributed by atoms with Crippen LogP contribution < -0.4 is 10.6 Å². The van der Waals surface area contributed by atoms with Crippen LogP contribution in [0.1, 0.15) is 23.6 Å². The van der Waals surface area contributed by atoms with Crippen LogP contribution >= 0.6 is 0 Å². The van der Waals surface area contributed by atoms with Crippen LogP contribution in [0.15, 0.2) is 42.5 Å². The first-order valence-electron chi connectivity index (χ1n) is 7.91. The number of alkyl halides is 3. The molecule has 138 valence electrons. The number of rotatable bonds is 5. The molecule has 1 unspecified atom stereocenters. The maximum atomic E-state index is 13.0. The lowest BCUT2D eigenvalue weighted by atomic mass is 10.1. The van der Waals surface area contributed by atoms with E-state index in [1.165, 1.54) is 12.1 Å². The molecule has 27 heavy (non-hydrogen) atoms. The Morgan fingerprint density at radius 3 is 2.26 bits per heavy atom. The van der Waals surface area contributed by atoms with Crippen molar-refractivity contribution in [1.82, 2.24) is 0 Å². The first-order chi connectivity index (χ1) is 12.7. The number of amides is 1. The molecule has 0 aliphatic heterocycles. The molecule has 2 aromatic rings. The zero-order chi connectivity index (χ0) is 20.0. The van der Waals surface area contributed by atoms with Crippen LogP contribution in [0, 0.1) is 28.6 Å². The van der Waals surface area contributed by atoms with Gasteiger partial charge < -0.3 is 10.6 Å². The van der Waals surface area contributed by atoms with Crippen LogP contribution in [0.2, 0.25) is 0 Å². The van der Waals surface area contributed by atoms with E-state index in [1.807, 2.05) is 6.07 Å². The van der Waals surface area contributed by atoms with E-state index in [1.54, 1.807) is 31.2 Å². The number of hydrogen-bond acceptors (Lipinski definition) is 4. The van der Waals surface area contributed by atoms with Crippen molar-refractivity contribution in [1.29, 1.82) is 10.5 Å². The van der Waals surface area contributed by atoms with Crippen molar-refractivity contribution in [2.45, 2.75) is 13.1 Å². The van der Waals surface area contributed by atoms with E-state index in [2.05, 4.69) is 10.6 Å². The summed E-state index contributed by atoms with van der Waals surface area (Å²) in [6.07, 6.45) is -4.69. The predicted octanol–water partition coefficient (Wildman–Crippen LogP) is 4.14. The molecular formula is C19H15F3N4O. The van der Waals surface area contributed by atoms with Crippen LogP contribution in [-0.4, -0.2) is 12.5 Å². The Hall–Kier alpha value is -3.52. The second-order valence-corrected chi connectivity index (χ2v) is 5.83. The third-order valence-corrected chi connectivity index (χ3v) is 3.79. The summed E-state index contributed by atoms with van der Waals surface area (Å²) in [7, 11) is 0. The van der Waals surface area contributed by atoms with E-state index in [9.17, 15) is 18.0 Å². The average molecular weight is 372 g/mol. The van der Waals surface area contributed by atoms with Crippen molar-refractivity contribution < 1.29 is 18.0 Å². The van der Waals surface area contributed by atoms with E-state index in [-0.39, 0.29) is 12.2 Å². The number of hydrogen-bond donors (Lipinski definition) is 2. The maximum Gasteiger partial charge on any atom is 0.417 e. The number of anilines is 2. The van der Waals surface area contributed by atoms with E-state index >= 15 is 0 Å². The number of carbonyl (C=O) groups excluding carboxylic acids is 1. The summed E-state index contributed by atoms with van der Waals surface area (Å²) >= 11 is 0. The van der Waals surface area contributed by atoms with Crippen molar-refractivity contribution >= 4 is 17.3 Å². The highest BCUT2D eigenvalue weighted by Gasteiger charge is 2.34. The van der Waals surface area contributed by atoms with Gasteiger partial charge >= 0.3 is 6.18 Å². The summed E-state index contributed by atoms with van der Waals surface area (Å²) < 4.78 is 38.9. The predicted molar refractivity (Wildman–Crippen MR) is 93.6 cm³/mol. The number of nitriles is 2. The Labute approximate surface area is 154 Å². The second-order valence-electron chi connectivity index (χ2n) is 5.83. The first-order valence-corrected chi connectivity index (χ1v) is 7.91. The van der Waals surface area contributed by atoms with Gasteiger partial charge in [-0.2, -0.15) is 23.7 Å². The van der Waals surface area contributed by atoms with E-state index in [0.717, 1.165) is 12.1 Å². The molecule has 0 fully saturated rings. The molecule has 2 aromatic carbocycles. The van der Waals surface area contributed by atoms with Gasteiger partial charge in [0.1, 0.15) is 0 Å². The van der Waals surface area contributed by atoms with Crippen molar-refractivity contribution in [3.05, 3.63) is 59.2 Å². The lowest BCUT2D eigenvalue weighted by Crippen LogP contribution is -2.26. The van der Waals surface area contributed by atoms with Crippen molar-refractivity contribution in [2.75, 3.05) is 17.2 Å². The summed E-state index contributed by atoms with van der Waals surface area (Å²) in [4.78, 5) is 12.2. The normalized spacial score (nSPS) is 11.8.